The maximum atomic E-state index is 12.1. The van der Waals surface area contributed by atoms with Crippen molar-refractivity contribution in [3.8, 4) is 0 Å². The summed E-state index contributed by atoms with van der Waals surface area (Å²) in [4.78, 5) is 2.10. The Bertz CT molecular complexity index is 510. The maximum Gasteiger partial charge on any atom is 0.250 e. The molecule has 0 aliphatic heterocycles. The summed E-state index contributed by atoms with van der Waals surface area (Å²) in [5, 5.41) is 5.18. The smallest absolute Gasteiger partial charge is 0.250 e. The van der Waals surface area contributed by atoms with E-state index in [2.05, 4.69) is 28.8 Å². The minimum Gasteiger partial charge on any atom is -0.310 e. The zero-order valence-electron chi connectivity index (χ0n) is 13.3. The largest absolute Gasteiger partial charge is 0.310 e. The quantitative estimate of drug-likeness (QED) is 0.642. The molecule has 0 amide bonds. The van der Waals surface area contributed by atoms with Crippen molar-refractivity contribution in [1.82, 2.24) is 14.9 Å². The Morgan fingerprint density at radius 2 is 2.00 bits per heavy atom. The van der Waals surface area contributed by atoms with Gasteiger partial charge in [0.25, 0.3) is 0 Å². The van der Waals surface area contributed by atoms with Crippen molar-refractivity contribution in [2.24, 2.45) is 0 Å². The zero-order valence-corrected chi connectivity index (χ0v) is 15.0. The molecule has 0 saturated heterocycles. The fourth-order valence-corrected chi connectivity index (χ4v) is 4.07. The van der Waals surface area contributed by atoms with Crippen LogP contribution in [-0.2, 0) is 16.6 Å². The lowest BCUT2D eigenvalue weighted by Crippen LogP contribution is -2.25. The molecule has 5 nitrogen and oxygen atoms in total. The Morgan fingerprint density at radius 1 is 1.29 bits per heavy atom. The van der Waals surface area contributed by atoms with Crippen LogP contribution in [0, 0.1) is 0 Å². The second-order valence-corrected chi connectivity index (χ2v) is 8.62. The lowest BCUT2D eigenvalue weighted by molar-refractivity contribution is 0.394. The van der Waals surface area contributed by atoms with E-state index in [-0.39, 0.29) is 0 Å². The molecular formula is C14H27N3O2S2. The summed E-state index contributed by atoms with van der Waals surface area (Å²) in [5.74, 6) is 0. The summed E-state index contributed by atoms with van der Waals surface area (Å²) in [6.07, 6.45) is 1.84. The van der Waals surface area contributed by atoms with Crippen molar-refractivity contribution in [1.29, 1.82) is 0 Å². The van der Waals surface area contributed by atoms with Crippen molar-refractivity contribution in [2.45, 2.75) is 43.5 Å². The monoisotopic (exact) mass is 333 g/mol. The molecule has 0 atom stereocenters. The first kappa shape index (κ1) is 18.6. The average Bonchev–Trinajstić information content (AvgIpc) is 2.85. The molecule has 2 N–H and O–H groups in total. The molecule has 122 valence electrons. The highest BCUT2D eigenvalue weighted by Crippen LogP contribution is 2.20. The second-order valence-electron chi connectivity index (χ2n) is 5.72. The van der Waals surface area contributed by atoms with Crippen LogP contribution in [0.15, 0.2) is 15.7 Å². The van der Waals surface area contributed by atoms with Gasteiger partial charge in [-0.05, 0) is 50.5 Å². The molecule has 0 spiro atoms. The first-order valence-corrected chi connectivity index (χ1v) is 9.62. The Morgan fingerprint density at radius 3 is 2.62 bits per heavy atom. The van der Waals surface area contributed by atoms with Gasteiger partial charge in [0.2, 0.25) is 10.0 Å². The van der Waals surface area contributed by atoms with Gasteiger partial charge in [0.1, 0.15) is 4.21 Å². The van der Waals surface area contributed by atoms with E-state index in [1.165, 1.54) is 11.3 Å². The molecule has 0 aliphatic carbocycles. The van der Waals surface area contributed by atoms with E-state index in [0.717, 1.165) is 24.9 Å². The Hall–Kier alpha value is -0.470. The van der Waals surface area contributed by atoms with Crippen LogP contribution in [0.25, 0.3) is 0 Å². The second kappa shape index (κ2) is 8.85. The molecule has 0 aliphatic rings. The number of thiophene rings is 1. The number of nitrogens with one attached hydrogen (secondary N) is 2. The predicted molar refractivity (Wildman–Crippen MR) is 89.3 cm³/mol. The molecule has 0 saturated carbocycles. The molecule has 1 aromatic heterocycles. The number of rotatable bonds is 10. The third kappa shape index (κ3) is 7.37. The molecule has 1 heterocycles. The van der Waals surface area contributed by atoms with Crippen LogP contribution >= 0.6 is 11.3 Å². The third-order valence-electron chi connectivity index (χ3n) is 2.93. The summed E-state index contributed by atoms with van der Waals surface area (Å²) in [6, 6.07) is 2.14. The van der Waals surface area contributed by atoms with E-state index in [1.54, 1.807) is 6.07 Å². The molecule has 21 heavy (non-hydrogen) atoms. The van der Waals surface area contributed by atoms with E-state index in [1.807, 2.05) is 19.5 Å². The van der Waals surface area contributed by atoms with Crippen LogP contribution in [-0.4, -0.2) is 46.5 Å². The summed E-state index contributed by atoms with van der Waals surface area (Å²) in [6.45, 7) is 6.31. The fourth-order valence-electron chi connectivity index (χ4n) is 1.74. The summed E-state index contributed by atoms with van der Waals surface area (Å²) in [7, 11) is 0.681. The van der Waals surface area contributed by atoms with Gasteiger partial charge in [0, 0.05) is 19.1 Å². The Labute approximate surface area is 132 Å². The van der Waals surface area contributed by atoms with Gasteiger partial charge in [0.05, 0.1) is 0 Å². The van der Waals surface area contributed by atoms with E-state index in [0.29, 0.717) is 23.3 Å². The highest BCUT2D eigenvalue weighted by Gasteiger charge is 2.16. The van der Waals surface area contributed by atoms with Crippen LogP contribution in [0.2, 0.25) is 0 Å². The van der Waals surface area contributed by atoms with Gasteiger partial charge >= 0.3 is 0 Å². The van der Waals surface area contributed by atoms with Crippen molar-refractivity contribution >= 4 is 21.4 Å². The first-order chi connectivity index (χ1) is 9.81. The predicted octanol–water partition coefficient (Wildman–Crippen LogP) is 1.87. The van der Waals surface area contributed by atoms with Crippen LogP contribution < -0.4 is 10.0 Å². The van der Waals surface area contributed by atoms with Crippen LogP contribution in [0.1, 0.15) is 32.3 Å². The van der Waals surface area contributed by atoms with Crippen LogP contribution in [0.3, 0.4) is 0 Å². The molecule has 1 aromatic rings. The molecule has 0 radical (unpaired) electrons. The molecule has 1 rings (SSSR count). The first-order valence-electron chi connectivity index (χ1n) is 7.26. The van der Waals surface area contributed by atoms with Gasteiger partial charge in [-0.15, -0.1) is 11.3 Å². The third-order valence-corrected chi connectivity index (χ3v) is 5.88. The van der Waals surface area contributed by atoms with Crippen LogP contribution in [0.5, 0.6) is 0 Å². The van der Waals surface area contributed by atoms with E-state index in [4.69, 9.17) is 0 Å². The van der Waals surface area contributed by atoms with E-state index < -0.39 is 10.0 Å². The van der Waals surface area contributed by atoms with Crippen molar-refractivity contribution in [3.63, 3.8) is 0 Å². The number of sulfonamides is 1. The average molecular weight is 334 g/mol. The Balaban J connectivity index is 2.43. The number of nitrogens with zero attached hydrogens (tertiary/aromatic N) is 1. The molecule has 0 bridgehead atoms. The number of hydrogen-bond acceptors (Lipinski definition) is 5. The van der Waals surface area contributed by atoms with Crippen molar-refractivity contribution in [2.75, 3.05) is 27.2 Å². The van der Waals surface area contributed by atoms with Gasteiger partial charge in [-0.1, -0.05) is 13.8 Å². The minimum atomic E-state index is -3.35. The lowest BCUT2D eigenvalue weighted by atomic mass is 10.3. The highest BCUT2D eigenvalue weighted by atomic mass is 32.2. The van der Waals surface area contributed by atoms with Gasteiger partial charge in [-0.3, -0.25) is 0 Å². The molecule has 7 heteroatoms. The Kier molecular flexibility index (Phi) is 7.83. The van der Waals surface area contributed by atoms with Gasteiger partial charge in [-0.2, -0.15) is 0 Å². The summed E-state index contributed by atoms with van der Waals surface area (Å²) >= 11 is 1.28. The SMILES string of the molecule is CC(C)NCc1csc(S(=O)(=O)NCCCCN(C)C)c1. The summed E-state index contributed by atoms with van der Waals surface area (Å²) in [5.41, 5.74) is 1.02. The fraction of sp³-hybridized carbons (Fsp3) is 0.714. The van der Waals surface area contributed by atoms with Gasteiger partial charge in [-0.25, -0.2) is 13.1 Å². The van der Waals surface area contributed by atoms with E-state index >= 15 is 0 Å². The maximum absolute atomic E-state index is 12.1. The number of hydrogen-bond donors (Lipinski definition) is 2. The lowest BCUT2D eigenvalue weighted by Gasteiger charge is -2.09. The standard InChI is InChI=1S/C14H27N3O2S2/c1-12(2)15-10-13-9-14(20-11-13)21(18,19)16-7-5-6-8-17(3)4/h9,11-12,15-16H,5-8,10H2,1-4H3. The topological polar surface area (TPSA) is 61.4 Å². The van der Waals surface area contributed by atoms with Gasteiger partial charge in [0.15, 0.2) is 0 Å². The molecular weight excluding hydrogens is 306 g/mol. The molecule has 0 unspecified atom stereocenters. The van der Waals surface area contributed by atoms with Crippen molar-refractivity contribution < 1.29 is 8.42 Å². The minimum absolute atomic E-state index is 0.389. The summed E-state index contributed by atoms with van der Waals surface area (Å²) < 4.78 is 27.4. The normalized spacial score (nSPS) is 12.5. The van der Waals surface area contributed by atoms with Crippen molar-refractivity contribution in [3.05, 3.63) is 17.0 Å². The molecule has 0 aromatic carbocycles. The zero-order chi connectivity index (χ0) is 15.9. The number of unbranched alkanes of at least 4 members (excludes halogenated alkanes) is 1. The highest BCUT2D eigenvalue weighted by molar-refractivity contribution is 7.91. The van der Waals surface area contributed by atoms with Crippen LogP contribution in [0.4, 0.5) is 0 Å². The van der Waals surface area contributed by atoms with E-state index in [9.17, 15) is 8.42 Å². The molecule has 0 fully saturated rings. The van der Waals surface area contributed by atoms with Gasteiger partial charge < -0.3 is 10.2 Å².